The summed E-state index contributed by atoms with van der Waals surface area (Å²) in [5, 5.41) is 3.39. The summed E-state index contributed by atoms with van der Waals surface area (Å²) in [7, 11) is 4.10. The van der Waals surface area contributed by atoms with Crippen molar-refractivity contribution in [2.45, 2.75) is 25.7 Å². The Morgan fingerprint density at radius 3 is 2.71 bits per heavy atom. The topological polar surface area (TPSA) is 35.6 Å². The van der Waals surface area contributed by atoms with Gasteiger partial charge in [0.15, 0.2) is 0 Å². The maximum absolute atomic E-state index is 12.9. The number of anilines is 1. The second-order valence-corrected chi connectivity index (χ2v) is 5.98. The van der Waals surface area contributed by atoms with Gasteiger partial charge in [0.2, 0.25) is 5.91 Å². The van der Waals surface area contributed by atoms with Crippen molar-refractivity contribution in [2.75, 3.05) is 45.6 Å². The van der Waals surface area contributed by atoms with Crippen molar-refractivity contribution in [3.8, 4) is 0 Å². The van der Waals surface area contributed by atoms with Crippen molar-refractivity contribution in [1.29, 1.82) is 0 Å². The molecule has 1 heterocycles. The first-order valence-electron chi connectivity index (χ1n) is 7.89. The van der Waals surface area contributed by atoms with Crippen LogP contribution in [-0.2, 0) is 4.79 Å². The lowest BCUT2D eigenvalue weighted by Crippen LogP contribution is -2.41. The maximum atomic E-state index is 12.9. The predicted molar refractivity (Wildman–Crippen MR) is 87.7 cm³/mol. The highest BCUT2D eigenvalue weighted by Crippen LogP contribution is 2.32. The Hall–Kier alpha value is -1.55. The number of nitrogens with zero attached hydrogens (tertiary/aromatic N) is 2. The molecule has 0 radical (unpaired) electrons. The van der Waals surface area contributed by atoms with Crippen LogP contribution in [0.4, 0.5) is 5.69 Å². The Balaban J connectivity index is 2.13. The number of benzene rings is 1. The van der Waals surface area contributed by atoms with Crippen LogP contribution in [0.3, 0.4) is 0 Å². The van der Waals surface area contributed by atoms with Crippen molar-refractivity contribution in [1.82, 2.24) is 9.80 Å². The fourth-order valence-electron chi connectivity index (χ4n) is 2.87. The zero-order valence-corrected chi connectivity index (χ0v) is 13.4. The minimum atomic E-state index is 0.0103. The van der Waals surface area contributed by atoms with E-state index in [1.807, 2.05) is 17.0 Å². The molecule has 1 N–H and O–H groups in total. The van der Waals surface area contributed by atoms with Crippen LogP contribution in [0.25, 0.3) is 0 Å². The molecule has 0 fully saturated rings. The Morgan fingerprint density at radius 1 is 1.24 bits per heavy atom. The van der Waals surface area contributed by atoms with Crippen molar-refractivity contribution < 1.29 is 4.79 Å². The molecule has 0 aliphatic carbocycles. The third-order valence-electron chi connectivity index (χ3n) is 4.01. The quantitative estimate of drug-likeness (QED) is 0.873. The van der Waals surface area contributed by atoms with Gasteiger partial charge >= 0.3 is 0 Å². The summed E-state index contributed by atoms with van der Waals surface area (Å²) in [6.07, 6.45) is 1.89. The van der Waals surface area contributed by atoms with Crippen molar-refractivity contribution in [3.05, 3.63) is 29.8 Å². The van der Waals surface area contributed by atoms with Crippen molar-refractivity contribution in [3.63, 3.8) is 0 Å². The molecular weight excluding hydrogens is 262 g/mol. The number of likely N-dealkylation sites (N-methyl/N-ethyl adjacent to an activating group) is 1. The molecule has 0 saturated carbocycles. The van der Waals surface area contributed by atoms with Gasteiger partial charge < -0.3 is 15.1 Å². The first-order valence-corrected chi connectivity index (χ1v) is 7.89. The third kappa shape index (κ3) is 3.97. The molecule has 1 aliphatic heterocycles. The van der Waals surface area contributed by atoms with E-state index in [4.69, 9.17) is 0 Å². The molecule has 0 bridgehead atoms. The highest BCUT2D eigenvalue weighted by Gasteiger charge is 2.29. The number of carbonyl (C=O) groups is 1. The van der Waals surface area contributed by atoms with Gasteiger partial charge in [0.25, 0.3) is 0 Å². The second kappa shape index (κ2) is 7.46. The summed E-state index contributed by atoms with van der Waals surface area (Å²) in [6.45, 7) is 5.58. The number of hydrogen-bond acceptors (Lipinski definition) is 3. The summed E-state index contributed by atoms with van der Waals surface area (Å²) < 4.78 is 0. The van der Waals surface area contributed by atoms with Gasteiger partial charge in [-0.05, 0) is 38.6 Å². The zero-order chi connectivity index (χ0) is 15.2. The molecule has 1 aromatic rings. The molecule has 21 heavy (non-hydrogen) atoms. The normalized spacial score (nSPS) is 17.2. The maximum Gasteiger partial charge on any atom is 0.230 e. The Morgan fingerprint density at radius 2 is 2.00 bits per heavy atom. The minimum absolute atomic E-state index is 0.0103. The molecule has 116 valence electrons. The van der Waals surface area contributed by atoms with Crippen LogP contribution < -0.4 is 5.32 Å². The average Bonchev–Trinajstić information content (AvgIpc) is 2.50. The van der Waals surface area contributed by atoms with E-state index in [0.29, 0.717) is 0 Å². The smallest absolute Gasteiger partial charge is 0.230 e. The van der Waals surface area contributed by atoms with E-state index in [9.17, 15) is 4.79 Å². The molecule has 1 aliphatic rings. The number of fused-ring (bicyclic) bond motifs is 1. The fourth-order valence-corrected chi connectivity index (χ4v) is 2.87. The number of hydrogen-bond donors (Lipinski definition) is 1. The van der Waals surface area contributed by atoms with Crippen LogP contribution in [0.5, 0.6) is 0 Å². The van der Waals surface area contributed by atoms with Gasteiger partial charge in [0.1, 0.15) is 0 Å². The Labute approximate surface area is 128 Å². The number of nitrogens with one attached hydrogen (secondary N) is 1. The largest absolute Gasteiger partial charge is 0.385 e. The lowest BCUT2D eigenvalue weighted by molar-refractivity contribution is -0.133. The summed E-state index contributed by atoms with van der Waals surface area (Å²) in [6, 6.07) is 8.20. The highest BCUT2D eigenvalue weighted by atomic mass is 16.2. The van der Waals surface area contributed by atoms with E-state index < -0.39 is 0 Å². The van der Waals surface area contributed by atoms with Crippen LogP contribution in [0.15, 0.2) is 24.3 Å². The van der Waals surface area contributed by atoms with Crippen LogP contribution in [0.2, 0.25) is 0 Å². The number of rotatable bonds is 6. The molecule has 0 spiro atoms. The SMILES string of the molecule is CCCN(CCN(C)C)C(=O)C1CCNc2ccccc21. The summed E-state index contributed by atoms with van der Waals surface area (Å²) in [4.78, 5) is 17.1. The van der Waals surface area contributed by atoms with Gasteiger partial charge in [-0.3, -0.25) is 4.79 Å². The summed E-state index contributed by atoms with van der Waals surface area (Å²) >= 11 is 0. The molecule has 1 aromatic carbocycles. The van der Waals surface area contributed by atoms with E-state index in [-0.39, 0.29) is 11.8 Å². The van der Waals surface area contributed by atoms with Gasteiger partial charge in [-0.1, -0.05) is 25.1 Å². The third-order valence-corrected chi connectivity index (χ3v) is 4.01. The first kappa shape index (κ1) is 15.8. The zero-order valence-electron chi connectivity index (χ0n) is 13.4. The van der Waals surface area contributed by atoms with Gasteiger partial charge in [-0.25, -0.2) is 0 Å². The molecule has 4 heteroatoms. The molecule has 2 rings (SSSR count). The monoisotopic (exact) mass is 289 g/mol. The molecule has 0 saturated heterocycles. The highest BCUT2D eigenvalue weighted by molar-refractivity contribution is 5.86. The molecule has 4 nitrogen and oxygen atoms in total. The number of carbonyl (C=O) groups excluding carboxylic acids is 1. The standard InChI is InChI=1S/C17H27N3O/c1-4-11-20(13-12-19(2)3)17(21)15-9-10-18-16-8-6-5-7-14(15)16/h5-8,15,18H,4,9-13H2,1-3H3. The molecule has 0 aromatic heterocycles. The van der Waals surface area contributed by atoms with E-state index in [0.717, 1.165) is 50.3 Å². The second-order valence-electron chi connectivity index (χ2n) is 5.98. The van der Waals surface area contributed by atoms with Gasteiger partial charge in [0, 0.05) is 31.9 Å². The van der Waals surface area contributed by atoms with E-state index in [1.165, 1.54) is 0 Å². The lowest BCUT2D eigenvalue weighted by Gasteiger charge is -2.32. The number of amides is 1. The van der Waals surface area contributed by atoms with Crippen LogP contribution in [-0.4, -0.2) is 56.0 Å². The Kier molecular flexibility index (Phi) is 5.62. The van der Waals surface area contributed by atoms with E-state index in [2.05, 4.69) is 43.4 Å². The van der Waals surface area contributed by atoms with Crippen molar-refractivity contribution >= 4 is 11.6 Å². The molecular formula is C17H27N3O. The van der Waals surface area contributed by atoms with Gasteiger partial charge in [-0.2, -0.15) is 0 Å². The van der Waals surface area contributed by atoms with Crippen LogP contribution in [0.1, 0.15) is 31.2 Å². The fraction of sp³-hybridized carbons (Fsp3) is 0.588. The van der Waals surface area contributed by atoms with E-state index in [1.54, 1.807) is 0 Å². The Bertz CT molecular complexity index is 473. The van der Waals surface area contributed by atoms with Crippen LogP contribution >= 0.6 is 0 Å². The molecule has 1 amide bonds. The summed E-state index contributed by atoms with van der Waals surface area (Å²) in [5.74, 6) is 0.295. The van der Waals surface area contributed by atoms with Crippen LogP contribution in [0, 0.1) is 0 Å². The molecule has 1 unspecified atom stereocenters. The average molecular weight is 289 g/mol. The lowest BCUT2D eigenvalue weighted by atomic mass is 9.89. The van der Waals surface area contributed by atoms with Gasteiger partial charge in [0.05, 0.1) is 5.92 Å². The number of para-hydroxylation sites is 1. The van der Waals surface area contributed by atoms with Crippen molar-refractivity contribution in [2.24, 2.45) is 0 Å². The van der Waals surface area contributed by atoms with E-state index >= 15 is 0 Å². The van der Waals surface area contributed by atoms with Gasteiger partial charge in [-0.15, -0.1) is 0 Å². The summed E-state index contributed by atoms with van der Waals surface area (Å²) in [5.41, 5.74) is 2.27. The molecule has 1 atom stereocenters. The minimum Gasteiger partial charge on any atom is -0.385 e. The first-order chi connectivity index (χ1) is 10.1. The predicted octanol–water partition coefficient (Wildman–Crippen LogP) is 2.39.